The van der Waals surface area contributed by atoms with E-state index in [9.17, 15) is 4.79 Å². The Kier molecular flexibility index (Phi) is 7.89. The minimum Gasteiger partial charge on any atom is -0.304 e. The first kappa shape index (κ1) is 19.8. The summed E-state index contributed by atoms with van der Waals surface area (Å²) in [5, 5.41) is 3.88. The van der Waals surface area contributed by atoms with E-state index in [1.54, 1.807) is 11.3 Å². The van der Waals surface area contributed by atoms with Crippen LogP contribution in [0.4, 0.5) is 5.13 Å². The van der Waals surface area contributed by atoms with E-state index in [1.165, 1.54) is 61.9 Å². The molecule has 0 aromatic carbocycles. The molecule has 0 unspecified atom stereocenters. The van der Waals surface area contributed by atoms with E-state index in [0.29, 0.717) is 6.54 Å². The second-order valence-electron chi connectivity index (χ2n) is 7.84. The summed E-state index contributed by atoms with van der Waals surface area (Å²) >= 11 is 1.71. The van der Waals surface area contributed by atoms with Crippen LogP contribution in [0.1, 0.15) is 61.9 Å². The molecule has 1 saturated heterocycles. The molecule has 5 nitrogen and oxygen atoms in total. The number of nitrogens with one attached hydrogen (secondary N) is 1. The Morgan fingerprint density at radius 2 is 1.58 bits per heavy atom. The summed E-state index contributed by atoms with van der Waals surface area (Å²) in [4.78, 5) is 23.1. The predicted molar refractivity (Wildman–Crippen MR) is 109 cm³/mol. The van der Waals surface area contributed by atoms with E-state index in [0.717, 1.165) is 44.2 Å². The molecule has 1 N–H and O–H groups in total. The Bertz CT molecular complexity index is 537. The van der Waals surface area contributed by atoms with Crippen LogP contribution in [0.2, 0.25) is 0 Å². The van der Waals surface area contributed by atoms with Crippen molar-refractivity contribution in [2.45, 2.75) is 64.2 Å². The molecular formula is C20H34N4OS. The first-order valence-electron chi connectivity index (χ1n) is 10.4. The van der Waals surface area contributed by atoms with Crippen molar-refractivity contribution in [3.63, 3.8) is 0 Å². The maximum absolute atomic E-state index is 12.4. The molecule has 3 rings (SSSR count). The molecule has 1 aliphatic carbocycles. The van der Waals surface area contributed by atoms with Crippen molar-refractivity contribution in [1.29, 1.82) is 0 Å². The molecular weight excluding hydrogens is 344 g/mol. The molecule has 146 valence electrons. The number of hydrogen-bond donors (Lipinski definition) is 1. The lowest BCUT2D eigenvalue weighted by atomic mass is 10.0. The van der Waals surface area contributed by atoms with Gasteiger partial charge in [0.1, 0.15) is 0 Å². The number of aryl methyl sites for hydroxylation is 2. The fourth-order valence-corrected chi connectivity index (χ4v) is 4.90. The Labute approximate surface area is 162 Å². The molecule has 1 aromatic heterocycles. The zero-order valence-corrected chi connectivity index (χ0v) is 17.1. The lowest BCUT2D eigenvalue weighted by Crippen LogP contribution is -2.47. The van der Waals surface area contributed by atoms with Crippen molar-refractivity contribution in [2.75, 3.05) is 45.1 Å². The van der Waals surface area contributed by atoms with Gasteiger partial charge in [0, 0.05) is 31.1 Å². The van der Waals surface area contributed by atoms with Crippen molar-refractivity contribution in [3.05, 3.63) is 10.6 Å². The summed E-state index contributed by atoms with van der Waals surface area (Å²) in [6.45, 7) is 4.51. The van der Waals surface area contributed by atoms with Crippen LogP contribution in [0.15, 0.2) is 0 Å². The Balaban J connectivity index is 1.54. The largest absolute Gasteiger partial charge is 0.304 e. The fourth-order valence-electron chi connectivity index (χ4n) is 3.83. The summed E-state index contributed by atoms with van der Waals surface area (Å²) in [7, 11) is 2.14. The maximum atomic E-state index is 12.4. The molecule has 1 aliphatic heterocycles. The van der Waals surface area contributed by atoms with E-state index in [4.69, 9.17) is 4.98 Å². The first-order valence-corrected chi connectivity index (χ1v) is 11.2. The number of aromatic nitrogens is 1. The minimum absolute atomic E-state index is 0.0827. The van der Waals surface area contributed by atoms with Gasteiger partial charge in [-0.3, -0.25) is 9.69 Å². The molecule has 1 fully saturated rings. The van der Waals surface area contributed by atoms with Crippen LogP contribution in [0, 0.1) is 0 Å². The van der Waals surface area contributed by atoms with Crippen molar-refractivity contribution < 1.29 is 4.79 Å². The van der Waals surface area contributed by atoms with Gasteiger partial charge < -0.3 is 10.2 Å². The van der Waals surface area contributed by atoms with Gasteiger partial charge in [-0.2, -0.15) is 0 Å². The van der Waals surface area contributed by atoms with Gasteiger partial charge in [-0.05, 0) is 32.7 Å². The third-order valence-electron chi connectivity index (χ3n) is 5.56. The highest BCUT2D eigenvalue weighted by Crippen LogP contribution is 2.27. The molecule has 0 radical (unpaired) electrons. The number of carbonyl (C=O) groups excluding carboxylic acids is 1. The van der Waals surface area contributed by atoms with Crippen molar-refractivity contribution in [3.8, 4) is 0 Å². The second-order valence-corrected chi connectivity index (χ2v) is 8.93. The van der Waals surface area contributed by atoms with Gasteiger partial charge in [-0.1, -0.05) is 38.5 Å². The highest BCUT2D eigenvalue weighted by atomic mass is 32.1. The number of nitrogens with zero attached hydrogens (tertiary/aromatic N) is 3. The van der Waals surface area contributed by atoms with Crippen molar-refractivity contribution in [2.24, 2.45) is 0 Å². The van der Waals surface area contributed by atoms with Crippen LogP contribution in [-0.2, 0) is 17.6 Å². The average Bonchev–Trinajstić information content (AvgIpc) is 2.98. The molecule has 1 amide bonds. The highest BCUT2D eigenvalue weighted by Gasteiger charge is 2.18. The monoisotopic (exact) mass is 378 g/mol. The maximum Gasteiger partial charge on any atom is 0.240 e. The average molecular weight is 379 g/mol. The summed E-state index contributed by atoms with van der Waals surface area (Å²) in [6, 6.07) is 0. The van der Waals surface area contributed by atoms with Crippen LogP contribution >= 0.6 is 11.3 Å². The Morgan fingerprint density at radius 3 is 2.27 bits per heavy atom. The number of rotatable bonds is 3. The van der Waals surface area contributed by atoms with Gasteiger partial charge in [0.15, 0.2) is 5.13 Å². The third kappa shape index (κ3) is 6.32. The molecule has 1 aromatic rings. The van der Waals surface area contributed by atoms with Crippen LogP contribution in [0.3, 0.4) is 0 Å². The van der Waals surface area contributed by atoms with Gasteiger partial charge in [0.2, 0.25) is 5.91 Å². The summed E-state index contributed by atoms with van der Waals surface area (Å²) in [6.07, 6.45) is 12.8. The zero-order chi connectivity index (χ0) is 18.2. The number of carbonyl (C=O) groups is 1. The Hall–Kier alpha value is -0.980. The van der Waals surface area contributed by atoms with Crippen LogP contribution < -0.4 is 5.32 Å². The van der Waals surface area contributed by atoms with Gasteiger partial charge in [-0.25, -0.2) is 4.98 Å². The van der Waals surface area contributed by atoms with E-state index in [2.05, 4.69) is 22.2 Å². The van der Waals surface area contributed by atoms with Crippen LogP contribution in [0.25, 0.3) is 0 Å². The molecule has 0 spiro atoms. The normalized spacial score (nSPS) is 21.4. The van der Waals surface area contributed by atoms with Crippen LogP contribution in [0.5, 0.6) is 0 Å². The van der Waals surface area contributed by atoms with Crippen LogP contribution in [-0.4, -0.2) is 60.5 Å². The zero-order valence-electron chi connectivity index (χ0n) is 16.3. The number of likely N-dealkylation sites (N-methyl/N-ethyl adjacent to an activating group) is 1. The van der Waals surface area contributed by atoms with E-state index >= 15 is 0 Å². The topological polar surface area (TPSA) is 48.5 Å². The van der Waals surface area contributed by atoms with Gasteiger partial charge >= 0.3 is 0 Å². The van der Waals surface area contributed by atoms with Crippen molar-refractivity contribution in [1.82, 2.24) is 14.8 Å². The number of hydrogen-bond acceptors (Lipinski definition) is 5. The quantitative estimate of drug-likeness (QED) is 0.874. The smallest absolute Gasteiger partial charge is 0.240 e. The third-order valence-corrected chi connectivity index (χ3v) is 6.63. The second kappa shape index (κ2) is 10.4. The number of fused-ring (bicyclic) bond motifs is 1. The first-order chi connectivity index (χ1) is 12.7. The van der Waals surface area contributed by atoms with Crippen molar-refractivity contribution >= 4 is 22.4 Å². The lowest BCUT2D eigenvalue weighted by molar-refractivity contribution is -0.117. The number of thiazole rings is 1. The number of piperazine rings is 1. The molecule has 6 heteroatoms. The summed E-state index contributed by atoms with van der Waals surface area (Å²) in [5.74, 6) is 0.0827. The standard InChI is InChI=1S/C20H34N4OS/c1-23-12-14-24(15-13-23)16-19(25)22-20-21-17-10-8-6-4-2-3-5-7-9-11-18(17)26-20/h2-16H2,1H3,(H,21,22,25). The summed E-state index contributed by atoms with van der Waals surface area (Å²) in [5.41, 5.74) is 1.24. The highest BCUT2D eigenvalue weighted by molar-refractivity contribution is 7.15. The number of anilines is 1. The lowest BCUT2D eigenvalue weighted by Gasteiger charge is -2.31. The number of amides is 1. The molecule has 2 aliphatic rings. The SMILES string of the molecule is CN1CCN(CC(=O)Nc2nc3c(s2)CCCCCCCCCC3)CC1. The minimum atomic E-state index is 0.0827. The van der Waals surface area contributed by atoms with E-state index < -0.39 is 0 Å². The molecule has 26 heavy (non-hydrogen) atoms. The van der Waals surface area contributed by atoms with Gasteiger partial charge in [-0.15, -0.1) is 11.3 Å². The molecule has 0 bridgehead atoms. The Morgan fingerprint density at radius 1 is 0.962 bits per heavy atom. The van der Waals surface area contributed by atoms with Gasteiger partial charge in [0.25, 0.3) is 0 Å². The molecule has 0 saturated carbocycles. The van der Waals surface area contributed by atoms with E-state index in [-0.39, 0.29) is 5.91 Å². The molecule has 2 heterocycles. The summed E-state index contributed by atoms with van der Waals surface area (Å²) < 4.78 is 0. The van der Waals surface area contributed by atoms with E-state index in [1.807, 2.05) is 0 Å². The van der Waals surface area contributed by atoms with Gasteiger partial charge in [0.05, 0.1) is 12.2 Å². The molecule has 0 atom stereocenters. The fraction of sp³-hybridized carbons (Fsp3) is 0.800. The predicted octanol–water partition coefficient (Wildman–Crippen LogP) is 3.55.